The van der Waals surface area contributed by atoms with Gasteiger partial charge >= 0.3 is 5.97 Å². The largest absolute Gasteiger partial charge is 0.481 e. The predicted molar refractivity (Wildman–Crippen MR) is 150 cm³/mol. The van der Waals surface area contributed by atoms with Gasteiger partial charge in [-0.15, -0.1) is 0 Å². The molecule has 0 bridgehead atoms. The van der Waals surface area contributed by atoms with Gasteiger partial charge in [0.15, 0.2) is 5.78 Å². The number of carboxylic acids is 1. The smallest absolute Gasteiger partial charge is 0.303 e. The monoisotopic (exact) mass is 489 g/mol. The molecule has 1 atom stereocenters. The summed E-state index contributed by atoms with van der Waals surface area (Å²) in [6, 6.07) is 32.4. The average molecular weight is 490 g/mol. The molecule has 5 rings (SSSR count). The third-order valence-corrected chi connectivity index (χ3v) is 6.98. The molecule has 4 heteroatoms. The highest BCUT2D eigenvalue weighted by molar-refractivity contribution is 6.09. The number of rotatable bonds is 9. The second kappa shape index (κ2) is 10.4. The highest BCUT2D eigenvalue weighted by atomic mass is 16.4. The maximum absolute atomic E-state index is 13.1. The Labute approximate surface area is 217 Å². The highest BCUT2D eigenvalue weighted by Gasteiger charge is 2.21. The first kappa shape index (κ1) is 24.5. The topological polar surface area (TPSA) is 59.3 Å². The van der Waals surface area contributed by atoms with Crippen molar-refractivity contribution in [2.75, 3.05) is 0 Å². The number of Topliss-reactive ketones (excluding diaryl/α,β-unsaturated/α-hetero) is 1. The van der Waals surface area contributed by atoms with E-state index in [1.54, 1.807) is 0 Å². The molecule has 1 N–H and O–H groups in total. The van der Waals surface area contributed by atoms with Gasteiger partial charge in [0.1, 0.15) is 0 Å². The maximum Gasteiger partial charge on any atom is 0.303 e. The van der Waals surface area contributed by atoms with Crippen LogP contribution >= 0.6 is 0 Å². The molecule has 0 fully saturated rings. The number of carbonyl (C=O) groups is 2. The Balaban J connectivity index is 1.43. The molecule has 0 aliphatic heterocycles. The van der Waals surface area contributed by atoms with Gasteiger partial charge in [0.25, 0.3) is 0 Å². The maximum atomic E-state index is 13.1. The predicted octanol–water partition coefficient (Wildman–Crippen LogP) is 7.81. The Kier molecular flexibility index (Phi) is 6.91. The summed E-state index contributed by atoms with van der Waals surface area (Å²) >= 11 is 0. The molecule has 0 aliphatic rings. The number of benzene rings is 4. The van der Waals surface area contributed by atoms with E-state index in [9.17, 15) is 14.7 Å². The fraction of sp³-hybridized carbons (Fsp3) is 0.212. The molecule has 5 aromatic rings. The molecule has 186 valence electrons. The Morgan fingerprint density at radius 2 is 1.30 bits per heavy atom. The van der Waals surface area contributed by atoms with Crippen molar-refractivity contribution in [1.29, 1.82) is 0 Å². The van der Waals surface area contributed by atoms with Crippen LogP contribution in [-0.2, 0) is 11.2 Å². The molecule has 0 aliphatic carbocycles. The molecular formula is C33H31NO3. The van der Waals surface area contributed by atoms with Crippen LogP contribution in [0.5, 0.6) is 0 Å². The number of carboxylic acid groups (broad SMARTS) is 1. The number of aromatic nitrogens is 1. The lowest BCUT2D eigenvalue weighted by molar-refractivity contribution is -0.137. The fourth-order valence-corrected chi connectivity index (χ4v) is 5.25. The van der Waals surface area contributed by atoms with E-state index in [2.05, 4.69) is 42.7 Å². The molecule has 1 aromatic heterocycles. The van der Waals surface area contributed by atoms with Crippen LogP contribution in [-0.4, -0.2) is 21.4 Å². The van der Waals surface area contributed by atoms with Crippen LogP contribution in [0.2, 0.25) is 0 Å². The molecule has 0 spiro atoms. The number of para-hydroxylation sites is 2. The molecule has 0 saturated heterocycles. The molecule has 1 heterocycles. The lowest BCUT2D eigenvalue weighted by atomic mass is 9.88. The standard InChI is InChI=1S/C33H31NO3/c1-22(2)19-23-11-13-25(14-12-23)32(35)20-26(21-33(36)37)24-15-17-27(18-16-24)34-30-9-5-3-7-28(30)29-8-4-6-10-31(29)34/h3-18,22,26H,19-21H2,1-2H3,(H,36,37). The number of carbonyl (C=O) groups excluding carboxylic acids is 1. The minimum atomic E-state index is -0.906. The molecule has 0 amide bonds. The minimum Gasteiger partial charge on any atom is -0.481 e. The summed E-state index contributed by atoms with van der Waals surface area (Å²) in [6.07, 6.45) is 1.03. The Hall–Kier alpha value is -4.18. The lowest BCUT2D eigenvalue weighted by Crippen LogP contribution is -2.12. The quantitative estimate of drug-likeness (QED) is 0.215. The summed E-state index contributed by atoms with van der Waals surface area (Å²) in [5.74, 6) is -0.787. The van der Waals surface area contributed by atoms with Crippen molar-refractivity contribution in [3.63, 3.8) is 0 Å². The van der Waals surface area contributed by atoms with Crippen LogP contribution in [0.3, 0.4) is 0 Å². The van der Waals surface area contributed by atoms with Crippen LogP contribution in [0.4, 0.5) is 0 Å². The van der Waals surface area contributed by atoms with Crippen molar-refractivity contribution < 1.29 is 14.7 Å². The SMILES string of the molecule is CC(C)Cc1ccc(C(=O)CC(CC(=O)O)c2ccc(-n3c4ccccc4c4ccccc43)cc2)cc1. The van der Waals surface area contributed by atoms with E-state index in [4.69, 9.17) is 0 Å². The Morgan fingerprint density at radius 3 is 1.84 bits per heavy atom. The summed E-state index contributed by atoms with van der Waals surface area (Å²) in [5.41, 5.74) is 5.93. The van der Waals surface area contributed by atoms with Gasteiger partial charge in [0.05, 0.1) is 17.5 Å². The average Bonchev–Trinajstić information content (AvgIpc) is 3.23. The van der Waals surface area contributed by atoms with Gasteiger partial charge in [0.2, 0.25) is 0 Å². The first-order valence-corrected chi connectivity index (χ1v) is 12.8. The molecule has 0 saturated carbocycles. The van der Waals surface area contributed by atoms with Gasteiger partial charge in [-0.2, -0.15) is 0 Å². The van der Waals surface area contributed by atoms with Crippen LogP contribution in [0.15, 0.2) is 97.1 Å². The summed E-state index contributed by atoms with van der Waals surface area (Å²) in [4.78, 5) is 24.8. The van der Waals surface area contributed by atoms with Crippen molar-refractivity contribution in [3.8, 4) is 5.69 Å². The van der Waals surface area contributed by atoms with E-state index >= 15 is 0 Å². The highest BCUT2D eigenvalue weighted by Crippen LogP contribution is 2.33. The number of aliphatic carboxylic acids is 1. The van der Waals surface area contributed by atoms with Crippen molar-refractivity contribution in [1.82, 2.24) is 4.57 Å². The van der Waals surface area contributed by atoms with Gasteiger partial charge in [0, 0.05) is 34.4 Å². The first-order chi connectivity index (χ1) is 17.9. The van der Waals surface area contributed by atoms with Gasteiger partial charge in [-0.05, 0) is 47.7 Å². The van der Waals surface area contributed by atoms with Gasteiger partial charge in [-0.1, -0.05) is 86.6 Å². The molecular weight excluding hydrogens is 458 g/mol. The van der Waals surface area contributed by atoms with E-state index in [1.165, 1.54) is 16.3 Å². The lowest BCUT2D eigenvalue weighted by Gasteiger charge is -2.16. The number of hydrogen-bond acceptors (Lipinski definition) is 2. The van der Waals surface area contributed by atoms with Crippen molar-refractivity contribution in [2.24, 2.45) is 5.92 Å². The minimum absolute atomic E-state index is 0.0335. The summed E-state index contributed by atoms with van der Waals surface area (Å²) < 4.78 is 2.23. The van der Waals surface area contributed by atoms with Gasteiger partial charge < -0.3 is 9.67 Å². The number of hydrogen-bond donors (Lipinski definition) is 1. The second-order valence-electron chi connectivity index (χ2n) is 10.2. The third-order valence-electron chi connectivity index (χ3n) is 6.98. The molecule has 0 radical (unpaired) electrons. The zero-order valence-electron chi connectivity index (χ0n) is 21.2. The van der Waals surface area contributed by atoms with Crippen molar-refractivity contribution in [3.05, 3.63) is 114 Å². The van der Waals surface area contributed by atoms with E-state index in [1.807, 2.05) is 72.8 Å². The van der Waals surface area contributed by atoms with E-state index < -0.39 is 11.9 Å². The zero-order valence-corrected chi connectivity index (χ0v) is 21.2. The second-order valence-corrected chi connectivity index (χ2v) is 10.2. The number of nitrogens with zero attached hydrogens (tertiary/aromatic N) is 1. The summed E-state index contributed by atoms with van der Waals surface area (Å²) in [5, 5.41) is 12.0. The van der Waals surface area contributed by atoms with Crippen LogP contribution < -0.4 is 0 Å². The summed E-state index contributed by atoms with van der Waals surface area (Å²) in [6.45, 7) is 4.34. The van der Waals surface area contributed by atoms with E-state index in [0.29, 0.717) is 11.5 Å². The Bertz CT molecular complexity index is 1510. The summed E-state index contributed by atoms with van der Waals surface area (Å²) in [7, 11) is 0. The normalized spacial score (nSPS) is 12.3. The molecule has 37 heavy (non-hydrogen) atoms. The van der Waals surface area contributed by atoms with E-state index in [0.717, 1.165) is 28.7 Å². The number of ketones is 1. The van der Waals surface area contributed by atoms with Gasteiger partial charge in [-0.25, -0.2) is 0 Å². The molecule has 4 nitrogen and oxygen atoms in total. The van der Waals surface area contributed by atoms with Crippen molar-refractivity contribution >= 4 is 33.6 Å². The zero-order chi connectivity index (χ0) is 25.9. The Morgan fingerprint density at radius 1 is 0.730 bits per heavy atom. The van der Waals surface area contributed by atoms with Crippen molar-refractivity contribution in [2.45, 2.75) is 39.0 Å². The van der Waals surface area contributed by atoms with Crippen LogP contribution in [0, 0.1) is 5.92 Å². The first-order valence-electron chi connectivity index (χ1n) is 12.8. The third kappa shape index (κ3) is 5.19. The van der Waals surface area contributed by atoms with Gasteiger partial charge in [-0.3, -0.25) is 9.59 Å². The molecule has 1 unspecified atom stereocenters. The van der Waals surface area contributed by atoms with Crippen LogP contribution in [0.1, 0.15) is 54.1 Å². The number of fused-ring (bicyclic) bond motifs is 3. The van der Waals surface area contributed by atoms with Crippen LogP contribution in [0.25, 0.3) is 27.5 Å². The van der Waals surface area contributed by atoms with E-state index in [-0.39, 0.29) is 18.6 Å². The molecule has 4 aromatic carbocycles. The fourth-order valence-electron chi connectivity index (χ4n) is 5.25.